The molecule has 0 bridgehead atoms. The third-order valence-corrected chi connectivity index (χ3v) is 5.58. The van der Waals surface area contributed by atoms with Gasteiger partial charge >= 0.3 is 0 Å². The number of benzene rings is 2. The van der Waals surface area contributed by atoms with Crippen molar-refractivity contribution in [2.24, 2.45) is 0 Å². The Morgan fingerprint density at radius 2 is 1.89 bits per heavy atom. The van der Waals surface area contributed by atoms with Crippen LogP contribution in [0.25, 0.3) is 11.0 Å². The number of ether oxygens (including phenoxy) is 1. The molecule has 2 aromatic carbocycles. The van der Waals surface area contributed by atoms with Gasteiger partial charge in [0.25, 0.3) is 0 Å². The molecule has 0 aliphatic carbocycles. The first kappa shape index (κ1) is 20.4. The second kappa shape index (κ2) is 9.26. The maximum atomic E-state index is 13.1. The number of aromatic nitrogens is 2. The molecule has 5 nitrogen and oxygen atoms in total. The molecule has 0 saturated heterocycles. The Bertz CT molecular complexity index is 968. The second-order valence-corrected chi connectivity index (χ2v) is 7.65. The minimum Gasteiger partial charge on any atom is -0.361 e. The molecule has 0 atom stereocenters. The predicted molar refractivity (Wildman–Crippen MR) is 116 cm³/mol. The number of carbonyl (C=O) groups excluding carboxylic acids is 1. The number of hydrogen-bond acceptors (Lipinski definition) is 4. The van der Waals surface area contributed by atoms with Crippen molar-refractivity contribution in [3.63, 3.8) is 0 Å². The number of fused-ring (bicyclic) bond motifs is 1. The minimum absolute atomic E-state index is 0.0135. The van der Waals surface area contributed by atoms with Crippen LogP contribution in [0.3, 0.4) is 0 Å². The molecule has 0 spiro atoms. The maximum absolute atomic E-state index is 13.1. The number of thioether (sulfide) groups is 1. The molecule has 0 fully saturated rings. The highest BCUT2D eigenvalue weighted by Gasteiger charge is 2.21. The maximum Gasteiger partial charge on any atom is 0.239 e. The lowest BCUT2D eigenvalue weighted by Gasteiger charge is -2.26. The number of anilines is 1. The zero-order valence-electron chi connectivity index (χ0n) is 16.9. The summed E-state index contributed by atoms with van der Waals surface area (Å²) in [7, 11) is 0. The number of para-hydroxylation sites is 2. The first-order valence-corrected chi connectivity index (χ1v) is 10.6. The van der Waals surface area contributed by atoms with Gasteiger partial charge in [0, 0.05) is 6.61 Å². The van der Waals surface area contributed by atoms with E-state index in [0.29, 0.717) is 12.4 Å². The van der Waals surface area contributed by atoms with Crippen molar-refractivity contribution in [3.05, 3.63) is 53.1 Å². The number of rotatable bonds is 8. The summed E-state index contributed by atoms with van der Waals surface area (Å²) in [5.74, 6) is 0.309. The smallest absolute Gasteiger partial charge is 0.239 e. The van der Waals surface area contributed by atoms with Crippen molar-refractivity contribution < 1.29 is 9.53 Å². The van der Waals surface area contributed by atoms with Crippen LogP contribution in [0.1, 0.15) is 30.5 Å². The van der Waals surface area contributed by atoms with Crippen molar-refractivity contribution >= 4 is 34.4 Å². The van der Waals surface area contributed by atoms with E-state index in [1.165, 1.54) is 11.8 Å². The van der Waals surface area contributed by atoms with Gasteiger partial charge in [-0.25, -0.2) is 4.98 Å². The van der Waals surface area contributed by atoms with Crippen LogP contribution in [0.5, 0.6) is 0 Å². The van der Waals surface area contributed by atoms with E-state index in [-0.39, 0.29) is 12.6 Å². The molecule has 1 N–H and O–H groups in total. The van der Waals surface area contributed by atoms with Crippen LogP contribution in [0, 0.1) is 13.8 Å². The molecule has 0 saturated carbocycles. The molecule has 1 aromatic heterocycles. The first-order chi connectivity index (χ1) is 13.5. The number of hydrogen-bond donors (Lipinski definition) is 1. The number of nitrogens with zero attached hydrogens (tertiary/aromatic N) is 2. The van der Waals surface area contributed by atoms with Crippen molar-refractivity contribution in [3.8, 4) is 0 Å². The van der Waals surface area contributed by atoms with Crippen LogP contribution in [0.2, 0.25) is 0 Å². The highest BCUT2D eigenvalue weighted by Crippen LogP contribution is 2.28. The van der Waals surface area contributed by atoms with E-state index in [4.69, 9.17) is 4.74 Å². The fourth-order valence-corrected chi connectivity index (χ4v) is 4.02. The average Bonchev–Trinajstić information content (AvgIpc) is 3.12. The van der Waals surface area contributed by atoms with Crippen LogP contribution in [0.4, 0.5) is 5.69 Å². The van der Waals surface area contributed by atoms with Gasteiger partial charge in [-0.1, -0.05) is 49.0 Å². The molecule has 3 aromatic rings. The quantitative estimate of drug-likeness (QED) is 0.435. The van der Waals surface area contributed by atoms with Gasteiger partial charge in [0.1, 0.15) is 6.73 Å². The number of aromatic amines is 1. The van der Waals surface area contributed by atoms with Crippen molar-refractivity contribution in [2.75, 3.05) is 24.0 Å². The van der Waals surface area contributed by atoms with Gasteiger partial charge in [-0.15, -0.1) is 0 Å². The molecule has 1 amide bonds. The predicted octanol–water partition coefficient (Wildman–Crippen LogP) is 4.86. The first-order valence-electron chi connectivity index (χ1n) is 9.59. The molecular weight excluding hydrogens is 370 g/mol. The average molecular weight is 398 g/mol. The van der Waals surface area contributed by atoms with Gasteiger partial charge in [-0.2, -0.15) is 0 Å². The van der Waals surface area contributed by atoms with Gasteiger partial charge in [0.2, 0.25) is 5.91 Å². The third-order valence-electron chi connectivity index (χ3n) is 4.72. The van der Waals surface area contributed by atoms with Gasteiger partial charge in [-0.05, 0) is 49.9 Å². The van der Waals surface area contributed by atoms with Gasteiger partial charge < -0.3 is 9.72 Å². The number of nitrogens with one attached hydrogen (secondary N) is 1. The molecule has 148 valence electrons. The zero-order valence-corrected chi connectivity index (χ0v) is 17.7. The summed E-state index contributed by atoms with van der Waals surface area (Å²) in [6, 6.07) is 12.2. The van der Waals surface area contributed by atoms with E-state index in [1.807, 2.05) is 51.1 Å². The normalized spacial score (nSPS) is 11.1. The summed E-state index contributed by atoms with van der Waals surface area (Å²) in [5, 5.41) is 0.759. The van der Waals surface area contributed by atoms with E-state index in [9.17, 15) is 4.79 Å². The van der Waals surface area contributed by atoms with Crippen LogP contribution in [-0.4, -0.2) is 35.0 Å². The monoisotopic (exact) mass is 397 g/mol. The molecule has 1 heterocycles. The van der Waals surface area contributed by atoms with E-state index in [2.05, 4.69) is 23.0 Å². The summed E-state index contributed by atoms with van der Waals surface area (Å²) in [5.41, 5.74) is 6.26. The Labute approximate surface area is 170 Å². The number of H-pyrrole nitrogens is 1. The van der Waals surface area contributed by atoms with E-state index >= 15 is 0 Å². The molecular formula is C22H27N3O2S. The molecule has 0 aliphatic rings. The van der Waals surface area contributed by atoms with E-state index < -0.39 is 0 Å². The Kier molecular flexibility index (Phi) is 6.75. The summed E-state index contributed by atoms with van der Waals surface area (Å²) in [4.78, 5) is 22.8. The number of aryl methyl sites for hydroxylation is 3. The molecule has 6 heteroatoms. The lowest BCUT2D eigenvalue weighted by atomic mass is 10.0. The van der Waals surface area contributed by atoms with Crippen molar-refractivity contribution in [1.29, 1.82) is 0 Å². The highest BCUT2D eigenvalue weighted by atomic mass is 32.2. The Morgan fingerprint density at radius 1 is 1.14 bits per heavy atom. The SMILES string of the molecule is CCOCN(C(=O)CSc1nc2c(C)cccc2[nH]1)c1c(C)cccc1CC. The van der Waals surface area contributed by atoms with Crippen LogP contribution < -0.4 is 4.90 Å². The summed E-state index contributed by atoms with van der Waals surface area (Å²) in [6.07, 6.45) is 0.864. The van der Waals surface area contributed by atoms with Crippen molar-refractivity contribution in [1.82, 2.24) is 9.97 Å². The van der Waals surface area contributed by atoms with E-state index in [0.717, 1.165) is 45.0 Å². The Balaban J connectivity index is 1.81. The van der Waals surface area contributed by atoms with Crippen molar-refractivity contribution in [2.45, 2.75) is 39.3 Å². The van der Waals surface area contributed by atoms with Gasteiger partial charge in [0.15, 0.2) is 5.16 Å². The Hall–Kier alpha value is -2.31. The fourth-order valence-electron chi connectivity index (χ4n) is 3.26. The fraction of sp³-hybridized carbons (Fsp3) is 0.364. The third kappa shape index (κ3) is 4.39. The summed E-state index contributed by atoms with van der Waals surface area (Å²) < 4.78 is 5.61. The standard InChI is InChI=1S/C22H27N3O2S/c1-5-17-11-7-10-16(4)21(17)25(14-27-6-2)19(26)13-28-22-23-18-12-8-9-15(3)20(18)24-22/h7-12H,5-6,13-14H2,1-4H3,(H,23,24). The molecule has 0 aliphatic heterocycles. The summed E-state index contributed by atoms with van der Waals surface area (Å²) >= 11 is 1.43. The van der Waals surface area contributed by atoms with Crippen LogP contribution >= 0.6 is 11.8 Å². The molecule has 0 radical (unpaired) electrons. The largest absolute Gasteiger partial charge is 0.361 e. The number of carbonyl (C=O) groups is 1. The summed E-state index contributed by atoms with van der Waals surface area (Å²) in [6.45, 7) is 8.94. The Morgan fingerprint density at radius 3 is 2.61 bits per heavy atom. The van der Waals surface area contributed by atoms with Gasteiger partial charge in [-0.3, -0.25) is 9.69 Å². The molecule has 3 rings (SSSR count). The zero-order chi connectivity index (χ0) is 20.1. The molecule has 0 unspecified atom stereocenters. The van der Waals surface area contributed by atoms with Crippen LogP contribution in [0.15, 0.2) is 41.6 Å². The van der Waals surface area contributed by atoms with Crippen LogP contribution in [-0.2, 0) is 16.0 Å². The van der Waals surface area contributed by atoms with E-state index in [1.54, 1.807) is 4.90 Å². The lowest BCUT2D eigenvalue weighted by Crippen LogP contribution is -2.36. The highest BCUT2D eigenvalue weighted by molar-refractivity contribution is 7.99. The lowest BCUT2D eigenvalue weighted by molar-refractivity contribution is -0.117. The minimum atomic E-state index is 0.0135. The van der Waals surface area contributed by atoms with Gasteiger partial charge in [0.05, 0.1) is 22.5 Å². The number of imidazole rings is 1. The second-order valence-electron chi connectivity index (χ2n) is 6.68. The number of amides is 1. The topological polar surface area (TPSA) is 58.2 Å². The molecule has 28 heavy (non-hydrogen) atoms.